The second-order valence-corrected chi connectivity index (χ2v) is 4.64. The van der Waals surface area contributed by atoms with Gasteiger partial charge in [0.1, 0.15) is 0 Å². The van der Waals surface area contributed by atoms with Gasteiger partial charge in [0, 0.05) is 12.6 Å². The van der Waals surface area contributed by atoms with Crippen LogP contribution >= 0.6 is 0 Å². The van der Waals surface area contributed by atoms with Crippen LogP contribution in [0.5, 0.6) is 0 Å². The second kappa shape index (κ2) is 3.99. The van der Waals surface area contributed by atoms with Gasteiger partial charge in [0.15, 0.2) is 5.96 Å². The van der Waals surface area contributed by atoms with Gasteiger partial charge in [0.05, 0.1) is 0 Å². The topological polar surface area (TPSA) is 50.4 Å². The third kappa shape index (κ3) is 4.15. The molecule has 3 heteroatoms. The zero-order valence-electron chi connectivity index (χ0n) is 8.93. The molecule has 13 heavy (non-hydrogen) atoms. The molecule has 0 spiro atoms. The van der Waals surface area contributed by atoms with E-state index >= 15 is 0 Å². The summed E-state index contributed by atoms with van der Waals surface area (Å²) >= 11 is 0. The Morgan fingerprint density at radius 3 is 2.62 bits per heavy atom. The molecule has 0 aromatic rings. The SMILES string of the molecule is CCC(C)(C)CN=C(N)NC1CC1. The molecule has 0 aromatic heterocycles. The maximum absolute atomic E-state index is 5.72. The Hall–Kier alpha value is -0.730. The first-order chi connectivity index (χ1) is 6.03. The van der Waals surface area contributed by atoms with Crippen molar-refractivity contribution in [3.8, 4) is 0 Å². The van der Waals surface area contributed by atoms with E-state index in [0.29, 0.717) is 12.0 Å². The maximum atomic E-state index is 5.72. The second-order valence-electron chi connectivity index (χ2n) is 4.64. The third-order valence-corrected chi connectivity index (χ3v) is 2.56. The number of hydrogen-bond acceptors (Lipinski definition) is 1. The van der Waals surface area contributed by atoms with Crippen molar-refractivity contribution >= 4 is 5.96 Å². The fourth-order valence-electron chi connectivity index (χ4n) is 0.893. The summed E-state index contributed by atoms with van der Waals surface area (Å²) in [5.74, 6) is 0.615. The van der Waals surface area contributed by atoms with Crippen molar-refractivity contribution in [2.24, 2.45) is 16.1 Å². The molecular weight excluding hydrogens is 162 g/mol. The Balaban J connectivity index is 2.27. The highest BCUT2D eigenvalue weighted by atomic mass is 15.1. The lowest BCUT2D eigenvalue weighted by atomic mass is 9.91. The molecule has 76 valence electrons. The van der Waals surface area contributed by atoms with E-state index in [-0.39, 0.29) is 5.41 Å². The van der Waals surface area contributed by atoms with E-state index in [1.807, 2.05) is 0 Å². The lowest BCUT2D eigenvalue weighted by Gasteiger charge is -2.19. The summed E-state index contributed by atoms with van der Waals surface area (Å²) in [6.45, 7) is 7.41. The Kier molecular flexibility index (Phi) is 3.17. The third-order valence-electron chi connectivity index (χ3n) is 2.56. The molecule has 0 bridgehead atoms. The predicted molar refractivity (Wildman–Crippen MR) is 56.7 cm³/mol. The fourth-order valence-corrected chi connectivity index (χ4v) is 0.893. The van der Waals surface area contributed by atoms with Crippen molar-refractivity contribution in [2.45, 2.75) is 46.1 Å². The molecule has 1 aliphatic rings. The van der Waals surface area contributed by atoms with Crippen molar-refractivity contribution in [1.29, 1.82) is 0 Å². The van der Waals surface area contributed by atoms with Gasteiger partial charge in [0.2, 0.25) is 0 Å². The average molecular weight is 183 g/mol. The van der Waals surface area contributed by atoms with Crippen LogP contribution in [-0.4, -0.2) is 18.5 Å². The summed E-state index contributed by atoms with van der Waals surface area (Å²) in [7, 11) is 0. The van der Waals surface area contributed by atoms with Gasteiger partial charge in [-0.05, 0) is 24.7 Å². The smallest absolute Gasteiger partial charge is 0.188 e. The van der Waals surface area contributed by atoms with Crippen LogP contribution in [0.3, 0.4) is 0 Å². The molecule has 1 saturated carbocycles. The molecule has 0 unspecified atom stereocenters. The van der Waals surface area contributed by atoms with E-state index in [2.05, 4.69) is 31.1 Å². The van der Waals surface area contributed by atoms with Crippen LogP contribution in [0.4, 0.5) is 0 Å². The number of rotatable bonds is 4. The molecule has 0 saturated heterocycles. The first kappa shape index (κ1) is 10.4. The standard InChI is InChI=1S/C10H21N3/c1-4-10(2,3)7-12-9(11)13-8-5-6-8/h8H,4-7H2,1-3H3,(H3,11,12,13). The van der Waals surface area contributed by atoms with Gasteiger partial charge in [-0.3, -0.25) is 4.99 Å². The quantitative estimate of drug-likeness (QED) is 0.512. The van der Waals surface area contributed by atoms with Crippen molar-refractivity contribution < 1.29 is 0 Å². The molecule has 3 nitrogen and oxygen atoms in total. The predicted octanol–water partition coefficient (Wildman–Crippen LogP) is 1.49. The van der Waals surface area contributed by atoms with Crippen molar-refractivity contribution in [3.63, 3.8) is 0 Å². The lowest BCUT2D eigenvalue weighted by molar-refractivity contribution is 0.365. The molecule has 1 fully saturated rings. The highest BCUT2D eigenvalue weighted by Gasteiger charge is 2.21. The zero-order chi connectivity index (χ0) is 9.90. The van der Waals surface area contributed by atoms with Crippen molar-refractivity contribution in [2.75, 3.05) is 6.54 Å². The summed E-state index contributed by atoms with van der Waals surface area (Å²) in [5.41, 5.74) is 5.99. The van der Waals surface area contributed by atoms with E-state index in [9.17, 15) is 0 Å². The Morgan fingerprint density at radius 1 is 1.54 bits per heavy atom. The van der Waals surface area contributed by atoms with Gasteiger partial charge in [-0.15, -0.1) is 0 Å². The van der Waals surface area contributed by atoms with Gasteiger partial charge in [-0.2, -0.15) is 0 Å². The first-order valence-electron chi connectivity index (χ1n) is 5.10. The van der Waals surface area contributed by atoms with Crippen molar-refractivity contribution in [3.05, 3.63) is 0 Å². The highest BCUT2D eigenvalue weighted by Crippen LogP contribution is 2.20. The van der Waals surface area contributed by atoms with Crippen LogP contribution in [0.25, 0.3) is 0 Å². The molecule has 1 rings (SSSR count). The number of aliphatic imine (C=N–C) groups is 1. The lowest BCUT2D eigenvalue weighted by Crippen LogP contribution is -2.34. The van der Waals surface area contributed by atoms with Crippen LogP contribution in [0.15, 0.2) is 4.99 Å². The zero-order valence-corrected chi connectivity index (χ0v) is 8.93. The maximum Gasteiger partial charge on any atom is 0.188 e. The number of hydrogen-bond donors (Lipinski definition) is 2. The normalized spacial score (nSPS) is 18.8. The largest absolute Gasteiger partial charge is 0.370 e. The Morgan fingerprint density at radius 2 is 2.15 bits per heavy atom. The van der Waals surface area contributed by atoms with Crippen LogP contribution < -0.4 is 11.1 Å². The summed E-state index contributed by atoms with van der Waals surface area (Å²) in [6, 6.07) is 0.605. The minimum Gasteiger partial charge on any atom is -0.370 e. The molecule has 0 radical (unpaired) electrons. The first-order valence-corrected chi connectivity index (χ1v) is 5.10. The molecular formula is C10H21N3. The molecule has 0 amide bonds. The van der Waals surface area contributed by atoms with E-state index in [0.717, 1.165) is 13.0 Å². The van der Waals surface area contributed by atoms with E-state index in [4.69, 9.17) is 5.73 Å². The number of guanidine groups is 1. The van der Waals surface area contributed by atoms with Crippen LogP contribution in [0.2, 0.25) is 0 Å². The molecule has 0 heterocycles. The van der Waals surface area contributed by atoms with Gasteiger partial charge < -0.3 is 11.1 Å². The molecule has 3 N–H and O–H groups in total. The van der Waals surface area contributed by atoms with Gasteiger partial charge >= 0.3 is 0 Å². The van der Waals surface area contributed by atoms with Gasteiger partial charge in [-0.1, -0.05) is 20.8 Å². The van der Waals surface area contributed by atoms with Crippen molar-refractivity contribution in [1.82, 2.24) is 5.32 Å². The van der Waals surface area contributed by atoms with Gasteiger partial charge in [-0.25, -0.2) is 0 Å². The highest BCUT2D eigenvalue weighted by molar-refractivity contribution is 5.78. The summed E-state index contributed by atoms with van der Waals surface area (Å²) < 4.78 is 0. The fraction of sp³-hybridized carbons (Fsp3) is 0.900. The van der Waals surface area contributed by atoms with E-state index in [1.165, 1.54) is 12.8 Å². The van der Waals surface area contributed by atoms with E-state index < -0.39 is 0 Å². The number of nitrogens with two attached hydrogens (primary N) is 1. The van der Waals surface area contributed by atoms with Crippen LogP contribution in [0, 0.1) is 5.41 Å². The molecule has 0 aromatic carbocycles. The van der Waals surface area contributed by atoms with Crippen LogP contribution in [0.1, 0.15) is 40.0 Å². The number of nitrogens with one attached hydrogen (secondary N) is 1. The summed E-state index contributed by atoms with van der Waals surface area (Å²) in [4.78, 5) is 4.33. The molecule has 0 atom stereocenters. The molecule has 1 aliphatic carbocycles. The minimum absolute atomic E-state index is 0.274. The monoisotopic (exact) mass is 183 g/mol. The van der Waals surface area contributed by atoms with Crippen LogP contribution in [-0.2, 0) is 0 Å². The summed E-state index contributed by atoms with van der Waals surface area (Å²) in [6.07, 6.45) is 3.62. The van der Waals surface area contributed by atoms with Gasteiger partial charge in [0.25, 0.3) is 0 Å². The summed E-state index contributed by atoms with van der Waals surface area (Å²) in [5, 5.41) is 3.18. The molecule has 0 aliphatic heterocycles. The Labute approximate surface area is 80.8 Å². The Bertz CT molecular complexity index is 192. The average Bonchev–Trinajstić information content (AvgIpc) is 2.85. The van der Waals surface area contributed by atoms with E-state index in [1.54, 1.807) is 0 Å². The number of nitrogens with zero attached hydrogens (tertiary/aromatic N) is 1. The minimum atomic E-state index is 0.274.